The van der Waals surface area contributed by atoms with Crippen LogP contribution in [0.15, 0.2) is 102 Å². The third-order valence-electron chi connectivity index (χ3n) is 7.12. The molecule has 7 nitrogen and oxygen atoms in total. The Balaban J connectivity index is 1.39. The van der Waals surface area contributed by atoms with Gasteiger partial charge in [-0.15, -0.1) is 0 Å². The smallest absolute Gasteiger partial charge is 0.254 e. The Labute approximate surface area is 244 Å². The van der Waals surface area contributed by atoms with E-state index in [9.17, 15) is 9.59 Å². The van der Waals surface area contributed by atoms with Crippen molar-refractivity contribution in [3.05, 3.63) is 125 Å². The van der Waals surface area contributed by atoms with Crippen LogP contribution in [0.1, 0.15) is 27.2 Å². The first kappa shape index (κ1) is 28.1. The molecule has 0 aliphatic rings. The molecule has 210 valence electrons. The number of halogens is 1. The second-order valence-electron chi connectivity index (χ2n) is 10.2. The zero-order valence-electron chi connectivity index (χ0n) is 23.2. The van der Waals surface area contributed by atoms with Crippen LogP contribution in [0.3, 0.4) is 0 Å². The number of H-pyrrole nitrogens is 1. The van der Waals surface area contributed by atoms with Gasteiger partial charge in [-0.25, -0.2) is 0 Å². The highest BCUT2D eigenvalue weighted by Gasteiger charge is 2.24. The predicted molar refractivity (Wildman–Crippen MR) is 163 cm³/mol. The van der Waals surface area contributed by atoms with Crippen LogP contribution < -0.4 is 4.90 Å². The van der Waals surface area contributed by atoms with Gasteiger partial charge in [-0.05, 0) is 66.1 Å². The molecule has 41 heavy (non-hydrogen) atoms. The number of hydrogen-bond donors (Lipinski definition) is 1. The van der Waals surface area contributed by atoms with Crippen molar-refractivity contribution in [2.24, 2.45) is 0 Å². The normalized spacial score (nSPS) is 11.0. The number of furan rings is 1. The van der Waals surface area contributed by atoms with Gasteiger partial charge < -0.3 is 24.1 Å². The molecule has 3 aromatic carbocycles. The number of para-hydroxylation sites is 1. The molecule has 2 heterocycles. The van der Waals surface area contributed by atoms with E-state index in [4.69, 9.17) is 16.0 Å². The number of aromatic nitrogens is 1. The minimum Gasteiger partial charge on any atom is -0.467 e. The number of aromatic amines is 1. The second kappa shape index (κ2) is 12.8. The molecule has 8 heteroatoms. The van der Waals surface area contributed by atoms with Crippen LogP contribution in [0.2, 0.25) is 5.02 Å². The number of amides is 2. The Hall–Kier alpha value is -4.49. The van der Waals surface area contributed by atoms with Gasteiger partial charge in [-0.3, -0.25) is 9.59 Å². The molecule has 0 unspecified atom stereocenters. The van der Waals surface area contributed by atoms with Gasteiger partial charge in [0.05, 0.1) is 12.8 Å². The van der Waals surface area contributed by atoms with Gasteiger partial charge in [0.1, 0.15) is 12.3 Å². The van der Waals surface area contributed by atoms with E-state index < -0.39 is 0 Å². The standard InChI is InChI=1S/C33H33ClN4O3/c1-36(2)28-14-12-24(13-15-28)21-37(17-16-26-20-35-31-11-4-3-10-30(26)31)32(39)23-38(22-29-9-6-18-41-29)33(40)25-7-5-8-27(34)19-25/h3-15,18-20,35H,16-17,21-23H2,1-2H3. The highest BCUT2D eigenvalue weighted by molar-refractivity contribution is 6.31. The number of fused-ring (bicyclic) bond motifs is 1. The SMILES string of the molecule is CN(C)c1ccc(CN(CCc2c[nH]c3ccccc23)C(=O)CN(Cc2ccco2)C(=O)c2cccc(Cl)c2)cc1. The number of carbonyl (C=O) groups is 2. The fourth-order valence-electron chi connectivity index (χ4n) is 4.86. The van der Waals surface area contributed by atoms with Gasteiger partial charge in [-0.1, -0.05) is 48.0 Å². The lowest BCUT2D eigenvalue weighted by molar-refractivity contribution is -0.132. The van der Waals surface area contributed by atoms with Crippen LogP contribution >= 0.6 is 11.6 Å². The van der Waals surface area contributed by atoms with E-state index in [0.717, 1.165) is 27.7 Å². The highest BCUT2D eigenvalue weighted by atomic mass is 35.5. The Morgan fingerprint density at radius 1 is 0.878 bits per heavy atom. The van der Waals surface area contributed by atoms with Crippen LogP contribution in [-0.2, 0) is 24.3 Å². The van der Waals surface area contributed by atoms with Crippen LogP contribution in [0.4, 0.5) is 5.69 Å². The third-order valence-corrected chi connectivity index (χ3v) is 7.35. The first-order chi connectivity index (χ1) is 19.9. The topological polar surface area (TPSA) is 72.8 Å². The Morgan fingerprint density at radius 2 is 1.68 bits per heavy atom. The molecule has 2 aromatic heterocycles. The molecular weight excluding hydrogens is 536 g/mol. The van der Waals surface area contributed by atoms with Crippen molar-refractivity contribution < 1.29 is 14.0 Å². The molecule has 0 saturated carbocycles. The average molecular weight is 569 g/mol. The lowest BCUT2D eigenvalue weighted by Crippen LogP contribution is -2.43. The lowest BCUT2D eigenvalue weighted by Gasteiger charge is -2.28. The molecule has 0 atom stereocenters. The van der Waals surface area contributed by atoms with E-state index in [1.807, 2.05) is 72.6 Å². The molecule has 5 rings (SSSR count). The van der Waals surface area contributed by atoms with Crippen LogP contribution in [0.5, 0.6) is 0 Å². The monoisotopic (exact) mass is 568 g/mol. The summed E-state index contributed by atoms with van der Waals surface area (Å²) >= 11 is 6.17. The first-order valence-corrected chi connectivity index (χ1v) is 13.9. The van der Waals surface area contributed by atoms with Crippen molar-refractivity contribution in [3.8, 4) is 0 Å². The summed E-state index contributed by atoms with van der Waals surface area (Å²) in [6.07, 6.45) is 4.24. The number of anilines is 1. The van der Waals surface area contributed by atoms with Crippen molar-refractivity contribution in [2.45, 2.75) is 19.5 Å². The van der Waals surface area contributed by atoms with E-state index in [2.05, 4.69) is 11.1 Å². The van der Waals surface area contributed by atoms with Crippen molar-refractivity contribution >= 4 is 40.0 Å². The van der Waals surface area contributed by atoms with Gasteiger partial charge in [0.25, 0.3) is 5.91 Å². The Morgan fingerprint density at radius 3 is 2.41 bits per heavy atom. The van der Waals surface area contributed by atoms with Crippen LogP contribution in [-0.4, -0.2) is 53.8 Å². The number of carbonyl (C=O) groups excluding carboxylic acids is 2. The molecule has 0 fully saturated rings. The van der Waals surface area contributed by atoms with Crippen molar-refractivity contribution in [1.29, 1.82) is 0 Å². The van der Waals surface area contributed by atoms with Gasteiger partial charge in [0, 0.05) is 60.6 Å². The van der Waals surface area contributed by atoms with Crippen molar-refractivity contribution in [3.63, 3.8) is 0 Å². The molecule has 0 aliphatic heterocycles. The fraction of sp³-hybridized carbons (Fsp3) is 0.212. The predicted octanol–water partition coefficient (Wildman–Crippen LogP) is 6.39. The number of rotatable bonds is 11. The maximum absolute atomic E-state index is 13.9. The summed E-state index contributed by atoms with van der Waals surface area (Å²) in [5.41, 5.74) is 4.73. The minimum absolute atomic E-state index is 0.101. The van der Waals surface area contributed by atoms with E-state index in [1.165, 1.54) is 4.90 Å². The summed E-state index contributed by atoms with van der Waals surface area (Å²) in [5, 5.41) is 1.60. The van der Waals surface area contributed by atoms with E-state index in [-0.39, 0.29) is 24.9 Å². The second-order valence-corrected chi connectivity index (χ2v) is 10.7. The fourth-order valence-corrected chi connectivity index (χ4v) is 5.05. The van der Waals surface area contributed by atoms with Crippen molar-refractivity contribution in [1.82, 2.24) is 14.8 Å². The van der Waals surface area contributed by atoms with Gasteiger partial charge in [0.2, 0.25) is 5.91 Å². The van der Waals surface area contributed by atoms with Crippen LogP contribution in [0.25, 0.3) is 10.9 Å². The van der Waals surface area contributed by atoms with E-state index >= 15 is 0 Å². The number of hydrogen-bond acceptors (Lipinski definition) is 4. The van der Waals surface area contributed by atoms with Gasteiger partial charge >= 0.3 is 0 Å². The largest absolute Gasteiger partial charge is 0.467 e. The van der Waals surface area contributed by atoms with Gasteiger partial charge in [0.15, 0.2) is 0 Å². The van der Waals surface area contributed by atoms with E-state index in [1.54, 1.807) is 42.7 Å². The highest BCUT2D eigenvalue weighted by Crippen LogP contribution is 2.21. The molecule has 5 aromatic rings. The molecule has 2 amide bonds. The summed E-state index contributed by atoms with van der Waals surface area (Å²) in [6.45, 7) is 0.985. The zero-order chi connectivity index (χ0) is 28.8. The summed E-state index contributed by atoms with van der Waals surface area (Å²) < 4.78 is 5.53. The Kier molecular flexibility index (Phi) is 8.75. The summed E-state index contributed by atoms with van der Waals surface area (Å²) in [4.78, 5) is 36.2. The molecule has 0 saturated heterocycles. The average Bonchev–Trinajstić information content (AvgIpc) is 3.65. The molecule has 0 radical (unpaired) electrons. The molecule has 1 N–H and O–H groups in total. The summed E-state index contributed by atoms with van der Waals surface area (Å²) in [5.74, 6) is 0.158. The summed E-state index contributed by atoms with van der Waals surface area (Å²) in [6, 6.07) is 26.6. The lowest BCUT2D eigenvalue weighted by atomic mass is 10.1. The van der Waals surface area contributed by atoms with E-state index in [0.29, 0.717) is 35.9 Å². The quantitative estimate of drug-likeness (QED) is 0.200. The molecule has 0 spiro atoms. The van der Waals surface area contributed by atoms with Crippen molar-refractivity contribution in [2.75, 3.05) is 32.1 Å². The Bertz CT molecular complexity index is 1610. The molecular formula is C33H33ClN4O3. The molecule has 0 aliphatic carbocycles. The van der Waals surface area contributed by atoms with Gasteiger partial charge in [-0.2, -0.15) is 0 Å². The summed E-state index contributed by atoms with van der Waals surface area (Å²) in [7, 11) is 3.99. The number of nitrogens with one attached hydrogen (secondary N) is 1. The maximum atomic E-state index is 13.9. The minimum atomic E-state index is -0.288. The first-order valence-electron chi connectivity index (χ1n) is 13.5. The number of nitrogens with zero attached hydrogens (tertiary/aromatic N) is 3. The molecule has 0 bridgehead atoms. The maximum Gasteiger partial charge on any atom is 0.254 e. The third kappa shape index (κ3) is 6.99. The van der Waals surface area contributed by atoms with Crippen LogP contribution in [0, 0.1) is 0 Å². The zero-order valence-corrected chi connectivity index (χ0v) is 24.0. The number of benzene rings is 3.